The van der Waals surface area contributed by atoms with Gasteiger partial charge in [0.1, 0.15) is 0 Å². The second-order valence-corrected chi connectivity index (χ2v) is 7.25. The summed E-state index contributed by atoms with van der Waals surface area (Å²) in [5, 5.41) is 4.76. The molecule has 5 nitrogen and oxygen atoms in total. The van der Waals surface area contributed by atoms with E-state index in [0.717, 1.165) is 23.6 Å². The quantitative estimate of drug-likeness (QED) is 0.936. The molecule has 2 heterocycles. The number of nitrogens with one attached hydrogen (secondary N) is 1. The highest BCUT2D eigenvalue weighted by atomic mass is 32.2. The van der Waals surface area contributed by atoms with Crippen LogP contribution in [0.1, 0.15) is 12.8 Å². The van der Waals surface area contributed by atoms with Crippen LogP contribution in [0.25, 0.3) is 10.8 Å². The van der Waals surface area contributed by atoms with Crippen molar-refractivity contribution in [1.82, 2.24) is 14.6 Å². The van der Waals surface area contributed by atoms with E-state index in [1.165, 1.54) is 0 Å². The maximum absolute atomic E-state index is 12.9. The van der Waals surface area contributed by atoms with Gasteiger partial charge >= 0.3 is 0 Å². The average Bonchev–Trinajstić information content (AvgIpc) is 2.54. The maximum Gasteiger partial charge on any atom is 0.243 e. The Hall–Kier alpha value is -1.50. The minimum absolute atomic E-state index is 0.227. The number of fused-ring (bicyclic) bond motifs is 1. The Balaban J connectivity index is 2.04. The van der Waals surface area contributed by atoms with Gasteiger partial charge in [0.05, 0.1) is 4.90 Å². The van der Waals surface area contributed by atoms with E-state index < -0.39 is 10.0 Å². The molecule has 112 valence electrons. The molecule has 6 heteroatoms. The van der Waals surface area contributed by atoms with Crippen molar-refractivity contribution in [2.45, 2.75) is 23.8 Å². The van der Waals surface area contributed by atoms with Crippen LogP contribution in [0.3, 0.4) is 0 Å². The summed E-state index contributed by atoms with van der Waals surface area (Å²) in [6.07, 6.45) is 5.23. The van der Waals surface area contributed by atoms with E-state index >= 15 is 0 Å². The number of pyridine rings is 1. The van der Waals surface area contributed by atoms with E-state index in [4.69, 9.17) is 0 Å². The predicted octanol–water partition coefficient (Wildman–Crippen LogP) is 1.61. The Bertz CT molecular complexity index is 740. The molecule has 1 aromatic carbocycles. The zero-order valence-corrected chi connectivity index (χ0v) is 12.8. The second kappa shape index (κ2) is 5.71. The molecule has 1 aliphatic rings. The highest BCUT2D eigenvalue weighted by Gasteiger charge is 2.30. The third kappa shape index (κ3) is 2.66. The molecule has 1 N–H and O–H groups in total. The van der Waals surface area contributed by atoms with Gasteiger partial charge in [-0.3, -0.25) is 4.98 Å². The number of likely N-dealkylation sites (N-methyl/N-ethyl adjacent to an activating group) is 1. The van der Waals surface area contributed by atoms with Crippen LogP contribution in [0.4, 0.5) is 0 Å². The number of hydrogen-bond acceptors (Lipinski definition) is 4. The molecule has 1 aromatic heterocycles. The van der Waals surface area contributed by atoms with Crippen molar-refractivity contribution in [2.75, 3.05) is 20.1 Å². The Kier molecular flexibility index (Phi) is 3.93. The number of sulfonamides is 1. The van der Waals surface area contributed by atoms with Crippen LogP contribution in [0.2, 0.25) is 0 Å². The summed E-state index contributed by atoms with van der Waals surface area (Å²) in [7, 11) is -1.59. The molecule has 0 spiro atoms. The molecule has 1 aliphatic heterocycles. The Morgan fingerprint density at radius 3 is 3.00 bits per heavy atom. The van der Waals surface area contributed by atoms with Crippen LogP contribution in [0.5, 0.6) is 0 Å². The smallest absolute Gasteiger partial charge is 0.243 e. The lowest BCUT2D eigenvalue weighted by atomic mass is 10.1. The lowest BCUT2D eigenvalue weighted by Gasteiger charge is -2.31. The minimum Gasteiger partial charge on any atom is -0.316 e. The molecule has 1 saturated heterocycles. The van der Waals surface area contributed by atoms with Crippen LogP contribution in [0.15, 0.2) is 41.6 Å². The van der Waals surface area contributed by atoms with E-state index in [2.05, 4.69) is 10.3 Å². The van der Waals surface area contributed by atoms with E-state index in [-0.39, 0.29) is 6.04 Å². The zero-order valence-electron chi connectivity index (χ0n) is 12.0. The molecule has 0 saturated carbocycles. The summed E-state index contributed by atoms with van der Waals surface area (Å²) in [4.78, 5) is 4.43. The SMILES string of the molecule is CNC1CCCN(S(=O)(=O)c2cccc3cnccc23)C1. The fourth-order valence-corrected chi connectivity index (χ4v) is 4.59. The van der Waals surface area contributed by atoms with Crippen LogP contribution in [-0.2, 0) is 10.0 Å². The lowest BCUT2D eigenvalue weighted by Crippen LogP contribution is -2.46. The molecule has 3 rings (SSSR count). The standard InChI is InChI=1S/C15H19N3O2S/c1-16-13-5-3-9-18(11-13)21(19,20)15-6-2-4-12-10-17-8-7-14(12)15/h2,4,6-8,10,13,16H,3,5,9,11H2,1H3. The van der Waals surface area contributed by atoms with Gasteiger partial charge in [-0.2, -0.15) is 4.31 Å². The molecule has 0 amide bonds. The van der Waals surface area contributed by atoms with Crippen molar-refractivity contribution in [3.05, 3.63) is 36.7 Å². The molecule has 0 radical (unpaired) electrons. The van der Waals surface area contributed by atoms with E-state index in [0.29, 0.717) is 18.0 Å². The lowest BCUT2D eigenvalue weighted by molar-refractivity contribution is 0.293. The molecule has 21 heavy (non-hydrogen) atoms. The van der Waals surface area contributed by atoms with Gasteiger partial charge in [-0.25, -0.2) is 8.42 Å². The first-order valence-electron chi connectivity index (χ1n) is 7.13. The number of piperidine rings is 1. The first-order chi connectivity index (χ1) is 10.1. The second-order valence-electron chi connectivity index (χ2n) is 5.34. The Morgan fingerprint density at radius 2 is 2.19 bits per heavy atom. The summed E-state index contributed by atoms with van der Waals surface area (Å²) in [5.74, 6) is 0. The van der Waals surface area contributed by atoms with Crippen LogP contribution >= 0.6 is 0 Å². The molecule has 0 bridgehead atoms. The molecule has 1 unspecified atom stereocenters. The van der Waals surface area contributed by atoms with Crippen molar-refractivity contribution < 1.29 is 8.42 Å². The van der Waals surface area contributed by atoms with Crippen molar-refractivity contribution in [1.29, 1.82) is 0 Å². The number of benzene rings is 1. The predicted molar refractivity (Wildman–Crippen MR) is 82.6 cm³/mol. The fourth-order valence-electron chi connectivity index (χ4n) is 2.85. The van der Waals surface area contributed by atoms with Gasteiger partial charge in [-0.05, 0) is 32.0 Å². The summed E-state index contributed by atoms with van der Waals surface area (Å²) >= 11 is 0. The van der Waals surface area contributed by atoms with Crippen LogP contribution < -0.4 is 5.32 Å². The maximum atomic E-state index is 12.9. The number of hydrogen-bond donors (Lipinski definition) is 1. The van der Waals surface area contributed by atoms with Gasteiger partial charge in [0.25, 0.3) is 0 Å². The number of rotatable bonds is 3. The Labute approximate surface area is 125 Å². The van der Waals surface area contributed by atoms with Gasteiger partial charge in [0.2, 0.25) is 10.0 Å². The Morgan fingerprint density at radius 1 is 1.33 bits per heavy atom. The van der Waals surface area contributed by atoms with Gasteiger partial charge < -0.3 is 5.32 Å². The first kappa shape index (κ1) is 14.4. The minimum atomic E-state index is -3.47. The third-order valence-electron chi connectivity index (χ3n) is 4.05. The number of nitrogens with zero attached hydrogens (tertiary/aromatic N) is 2. The zero-order chi connectivity index (χ0) is 14.9. The number of aromatic nitrogens is 1. The van der Waals surface area contributed by atoms with E-state index in [1.807, 2.05) is 13.1 Å². The van der Waals surface area contributed by atoms with Gasteiger partial charge in [0.15, 0.2) is 0 Å². The molecular weight excluding hydrogens is 286 g/mol. The van der Waals surface area contributed by atoms with Crippen molar-refractivity contribution in [3.63, 3.8) is 0 Å². The summed E-state index contributed by atoms with van der Waals surface area (Å²) in [5.41, 5.74) is 0. The highest BCUT2D eigenvalue weighted by molar-refractivity contribution is 7.89. The average molecular weight is 305 g/mol. The molecule has 0 aliphatic carbocycles. The normalized spacial score (nSPS) is 20.7. The molecule has 2 aromatic rings. The van der Waals surface area contributed by atoms with E-state index in [9.17, 15) is 8.42 Å². The molecule has 1 atom stereocenters. The summed E-state index contributed by atoms with van der Waals surface area (Å²) in [6, 6.07) is 7.33. The van der Waals surface area contributed by atoms with Gasteiger partial charge in [-0.15, -0.1) is 0 Å². The molecular formula is C15H19N3O2S. The molecule has 1 fully saturated rings. The van der Waals surface area contributed by atoms with Crippen molar-refractivity contribution in [2.24, 2.45) is 0 Å². The first-order valence-corrected chi connectivity index (χ1v) is 8.57. The van der Waals surface area contributed by atoms with Crippen molar-refractivity contribution >= 4 is 20.8 Å². The fraction of sp³-hybridized carbons (Fsp3) is 0.400. The monoisotopic (exact) mass is 305 g/mol. The van der Waals surface area contributed by atoms with E-state index in [1.54, 1.807) is 34.9 Å². The van der Waals surface area contributed by atoms with Gasteiger partial charge in [-0.1, -0.05) is 12.1 Å². The third-order valence-corrected chi connectivity index (χ3v) is 5.97. The largest absolute Gasteiger partial charge is 0.316 e. The van der Waals surface area contributed by atoms with Gasteiger partial charge in [0, 0.05) is 42.3 Å². The summed E-state index contributed by atoms with van der Waals surface area (Å²) < 4.78 is 27.5. The topological polar surface area (TPSA) is 62.3 Å². The highest BCUT2D eigenvalue weighted by Crippen LogP contribution is 2.27. The van der Waals surface area contributed by atoms with Crippen molar-refractivity contribution in [3.8, 4) is 0 Å². The van der Waals surface area contributed by atoms with Crippen LogP contribution in [-0.4, -0.2) is 43.9 Å². The summed E-state index contributed by atoms with van der Waals surface area (Å²) in [6.45, 7) is 1.11. The van der Waals surface area contributed by atoms with Crippen LogP contribution in [0, 0.1) is 0 Å².